The highest BCUT2D eigenvalue weighted by atomic mass is 32.2. The number of carbonyl (C=O) groups excluding carboxylic acids is 1. The second-order valence-electron chi connectivity index (χ2n) is 5.69. The van der Waals surface area contributed by atoms with Crippen molar-refractivity contribution in [2.75, 3.05) is 0 Å². The van der Waals surface area contributed by atoms with E-state index in [2.05, 4.69) is 9.37 Å². The minimum atomic E-state index is -4.17. The van der Waals surface area contributed by atoms with Crippen molar-refractivity contribution >= 4 is 28.1 Å². The summed E-state index contributed by atoms with van der Waals surface area (Å²) < 4.78 is 63.8. The minimum Gasteiger partial charge on any atom is -0.691 e. The molecular formula is C10H11F2O8S2-. The maximum atomic E-state index is 13.4. The van der Waals surface area contributed by atoms with Crippen LogP contribution in [0.3, 0.4) is 0 Å². The Balaban J connectivity index is 1.77. The first-order chi connectivity index (χ1) is 10.1. The maximum absolute atomic E-state index is 13.4. The molecule has 22 heavy (non-hydrogen) atoms. The lowest BCUT2D eigenvalue weighted by atomic mass is 9.83. The molecule has 3 aliphatic rings. The molecule has 3 rings (SSSR count). The molecule has 1 aliphatic heterocycles. The predicted octanol–water partition coefficient (Wildman–Crippen LogP) is -0.110. The lowest BCUT2D eigenvalue weighted by Gasteiger charge is -2.36. The molecule has 1 saturated heterocycles. The van der Waals surface area contributed by atoms with Gasteiger partial charge in [-0.25, -0.2) is 4.79 Å². The summed E-state index contributed by atoms with van der Waals surface area (Å²) in [4.78, 5) is 11.6. The van der Waals surface area contributed by atoms with Crippen molar-refractivity contribution < 1.29 is 45.5 Å². The molecule has 1 heterocycles. The first-order valence-corrected chi connectivity index (χ1v) is 8.51. The summed E-state index contributed by atoms with van der Waals surface area (Å²) in [5, 5.41) is 7.50. The van der Waals surface area contributed by atoms with E-state index in [0.717, 1.165) is 0 Å². The fourth-order valence-electron chi connectivity index (χ4n) is 3.68. The minimum absolute atomic E-state index is 0.201. The molecule has 0 radical (unpaired) electrons. The van der Waals surface area contributed by atoms with Gasteiger partial charge in [0.15, 0.2) is 0 Å². The summed E-state index contributed by atoms with van der Waals surface area (Å²) in [6, 6.07) is 0. The molecule has 126 valence electrons. The molecule has 12 heteroatoms. The van der Waals surface area contributed by atoms with Gasteiger partial charge in [0.1, 0.15) is 23.7 Å². The number of esters is 1. The number of ether oxygens (including phenoxy) is 1. The van der Waals surface area contributed by atoms with Gasteiger partial charge in [-0.1, -0.05) is 0 Å². The average molecular weight is 361 g/mol. The normalized spacial score (nSPS) is 41.8. The van der Waals surface area contributed by atoms with E-state index in [-0.39, 0.29) is 18.3 Å². The Labute approximate surface area is 128 Å². The first-order valence-electron chi connectivity index (χ1n) is 6.29. The van der Waals surface area contributed by atoms with Crippen molar-refractivity contribution in [1.29, 1.82) is 0 Å². The van der Waals surface area contributed by atoms with Crippen LogP contribution in [-0.2, 0) is 33.2 Å². The summed E-state index contributed by atoms with van der Waals surface area (Å²) in [7, 11) is -3.76. The Morgan fingerprint density at radius 3 is 2.77 bits per heavy atom. The van der Waals surface area contributed by atoms with Crippen LogP contribution in [0, 0.1) is 11.8 Å². The number of hydrogen-bond acceptors (Lipinski definition) is 9. The van der Waals surface area contributed by atoms with E-state index >= 15 is 0 Å². The van der Waals surface area contributed by atoms with Crippen LogP contribution in [0.2, 0.25) is 0 Å². The van der Waals surface area contributed by atoms with E-state index in [1.807, 2.05) is 0 Å². The molecule has 2 aliphatic carbocycles. The van der Waals surface area contributed by atoms with E-state index < -0.39 is 50.3 Å². The van der Waals surface area contributed by atoms with E-state index in [1.54, 1.807) is 0 Å². The lowest BCUT2D eigenvalue weighted by molar-refractivity contribution is -0.777. The monoisotopic (exact) mass is 361 g/mol. The van der Waals surface area contributed by atoms with Crippen LogP contribution in [0.25, 0.3) is 0 Å². The van der Waals surface area contributed by atoms with E-state index in [0.29, 0.717) is 6.42 Å². The highest BCUT2D eigenvalue weighted by Gasteiger charge is 2.71. The molecular weight excluding hydrogens is 350 g/mol. The molecule has 0 aromatic heterocycles. The number of fused-ring (bicyclic) bond motifs is 1. The molecule has 8 nitrogen and oxygen atoms in total. The van der Waals surface area contributed by atoms with E-state index in [9.17, 15) is 27.3 Å². The molecule has 2 bridgehead atoms. The zero-order chi connectivity index (χ0) is 16.3. The Hall–Kier alpha value is -0.530. The van der Waals surface area contributed by atoms with Crippen molar-refractivity contribution in [3.05, 3.63) is 0 Å². The second-order valence-corrected chi connectivity index (χ2v) is 8.29. The summed E-state index contributed by atoms with van der Waals surface area (Å²) >= 11 is -0.794. The van der Waals surface area contributed by atoms with Crippen LogP contribution in [0.4, 0.5) is 8.78 Å². The third-order valence-electron chi connectivity index (χ3n) is 4.64. The molecule has 0 spiro atoms. The van der Waals surface area contributed by atoms with Gasteiger partial charge in [-0.2, -0.15) is 21.5 Å². The van der Waals surface area contributed by atoms with Gasteiger partial charge in [0.05, 0.1) is 5.25 Å². The standard InChI is InChI=1S/C10H12F2O8S2/c1-9(17-8(13)10(11,12)21-20-19-14)4-2-5-6(3-4)22(15,16)18-7(5)9/h4-7,14H,2-3H2,1H3/p-1. The highest BCUT2D eigenvalue weighted by molar-refractivity contribution is 7.96. The largest absolute Gasteiger partial charge is 0.691 e. The zero-order valence-corrected chi connectivity index (χ0v) is 12.7. The Kier molecular flexibility index (Phi) is 3.70. The summed E-state index contributed by atoms with van der Waals surface area (Å²) in [6.07, 6.45) is -0.341. The van der Waals surface area contributed by atoms with Crippen molar-refractivity contribution in [2.45, 2.75) is 42.0 Å². The smallest absolute Gasteiger partial charge is 0.415 e. The van der Waals surface area contributed by atoms with Crippen LogP contribution in [0.15, 0.2) is 0 Å². The second kappa shape index (κ2) is 4.98. The van der Waals surface area contributed by atoms with Crippen molar-refractivity contribution in [2.24, 2.45) is 11.8 Å². The summed E-state index contributed by atoms with van der Waals surface area (Å²) in [5.41, 5.74) is -1.47. The van der Waals surface area contributed by atoms with Gasteiger partial charge >= 0.3 is 11.2 Å². The lowest BCUT2D eigenvalue weighted by Crippen LogP contribution is -2.50. The van der Waals surface area contributed by atoms with Gasteiger partial charge < -0.3 is 9.99 Å². The fraction of sp³-hybridized carbons (Fsp3) is 0.900. The number of hydrogen-bond donors (Lipinski definition) is 0. The van der Waals surface area contributed by atoms with E-state index in [4.69, 9.17) is 8.92 Å². The van der Waals surface area contributed by atoms with Crippen LogP contribution in [0.1, 0.15) is 19.8 Å². The van der Waals surface area contributed by atoms with Gasteiger partial charge in [-0.05, 0) is 19.8 Å². The molecule has 0 aromatic carbocycles. The SMILES string of the molecule is CC1(OC(=O)C(F)(F)SOO[O-])C2CC3C1OS(=O)(=O)C3C2. The fourth-order valence-corrected chi connectivity index (χ4v) is 5.82. The van der Waals surface area contributed by atoms with E-state index in [1.165, 1.54) is 6.92 Å². The van der Waals surface area contributed by atoms with Crippen LogP contribution < -0.4 is 5.26 Å². The Morgan fingerprint density at radius 1 is 1.45 bits per heavy atom. The number of alkyl halides is 2. The molecule has 5 unspecified atom stereocenters. The zero-order valence-electron chi connectivity index (χ0n) is 11.1. The van der Waals surface area contributed by atoms with Gasteiger partial charge in [0.2, 0.25) is 0 Å². The molecule has 0 aromatic rings. The molecule has 0 N–H and O–H groups in total. The summed E-state index contributed by atoms with van der Waals surface area (Å²) in [5.74, 6) is -2.70. The van der Waals surface area contributed by atoms with Crippen LogP contribution in [-0.4, -0.2) is 36.6 Å². The average Bonchev–Trinajstić information content (AvgIpc) is 3.01. The van der Waals surface area contributed by atoms with Gasteiger partial charge in [0, 0.05) is 11.8 Å². The van der Waals surface area contributed by atoms with Crippen molar-refractivity contribution in [3.63, 3.8) is 0 Å². The quantitative estimate of drug-likeness (QED) is 0.218. The summed E-state index contributed by atoms with van der Waals surface area (Å²) in [6.45, 7) is 1.38. The third-order valence-corrected chi connectivity index (χ3v) is 6.90. The number of rotatable bonds is 5. The first kappa shape index (κ1) is 16.3. The Morgan fingerprint density at radius 2 is 2.14 bits per heavy atom. The molecule has 0 amide bonds. The van der Waals surface area contributed by atoms with Crippen molar-refractivity contribution in [1.82, 2.24) is 0 Å². The third kappa shape index (κ3) is 2.24. The molecule has 3 fully saturated rings. The van der Waals surface area contributed by atoms with Crippen molar-refractivity contribution in [3.8, 4) is 0 Å². The van der Waals surface area contributed by atoms with Gasteiger partial charge in [-0.3, -0.25) is 9.22 Å². The van der Waals surface area contributed by atoms with Gasteiger partial charge in [0.25, 0.3) is 10.1 Å². The maximum Gasteiger partial charge on any atom is 0.415 e. The molecule has 2 saturated carbocycles. The topological polar surface area (TPSA) is 111 Å². The highest BCUT2D eigenvalue weighted by Crippen LogP contribution is 2.60. The number of halogens is 2. The van der Waals surface area contributed by atoms with Gasteiger partial charge in [-0.15, -0.1) is 0 Å². The van der Waals surface area contributed by atoms with Crippen LogP contribution in [0.5, 0.6) is 0 Å². The van der Waals surface area contributed by atoms with Crippen LogP contribution >= 0.6 is 12.0 Å². The molecule has 5 atom stereocenters. The Bertz CT molecular complexity index is 596. The number of carbonyl (C=O) groups is 1. The predicted molar refractivity (Wildman–Crippen MR) is 63.0 cm³/mol.